The monoisotopic (exact) mass is 118 g/mol. The second kappa shape index (κ2) is 2.44. The molecule has 0 N–H and O–H groups in total. The molecule has 2 atom stereocenters. The lowest BCUT2D eigenvalue weighted by Gasteiger charge is -2.26. The fourth-order valence-electron chi connectivity index (χ4n) is 0.833. The van der Waals surface area contributed by atoms with E-state index in [-0.39, 0.29) is 6.10 Å². The molecule has 0 aromatic rings. The van der Waals surface area contributed by atoms with E-state index < -0.39 is 6.17 Å². The first-order valence-electron chi connectivity index (χ1n) is 3.04. The van der Waals surface area contributed by atoms with Gasteiger partial charge in [-0.1, -0.05) is 0 Å². The molecule has 0 aliphatic carbocycles. The van der Waals surface area contributed by atoms with E-state index in [1.807, 2.05) is 0 Å². The van der Waals surface area contributed by atoms with Gasteiger partial charge in [-0.3, -0.25) is 0 Å². The third-order valence-electron chi connectivity index (χ3n) is 1.38. The number of halogens is 1. The molecule has 0 saturated carbocycles. The van der Waals surface area contributed by atoms with Crippen LogP contribution in [0.4, 0.5) is 4.39 Å². The van der Waals surface area contributed by atoms with Gasteiger partial charge in [0.25, 0.3) is 0 Å². The SMILES string of the molecule is CC(F)CC1CCO1. The van der Waals surface area contributed by atoms with Gasteiger partial charge in [-0.25, -0.2) is 4.39 Å². The standard InChI is InChI=1S/C6H11FO/c1-5(7)4-6-2-3-8-6/h5-6H,2-4H2,1H3. The van der Waals surface area contributed by atoms with Crippen LogP contribution in [0.25, 0.3) is 0 Å². The number of ether oxygens (including phenoxy) is 1. The van der Waals surface area contributed by atoms with Crippen molar-refractivity contribution in [3.63, 3.8) is 0 Å². The second-order valence-corrected chi connectivity index (χ2v) is 2.30. The number of hydrogen-bond acceptors (Lipinski definition) is 1. The molecule has 1 saturated heterocycles. The van der Waals surface area contributed by atoms with Crippen LogP contribution in [0, 0.1) is 0 Å². The molecule has 1 aliphatic rings. The Bertz CT molecular complexity index is 68.9. The molecule has 0 aromatic carbocycles. The van der Waals surface area contributed by atoms with Gasteiger partial charge in [0, 0.05) is 13.0 Å². The molecular formula is C6H11FO. The molecule has 48 valence electrons. The van der Waals surface area contributed by atoms with Gasteiger partial charge >= 0.3 is 0 Å². The van der Waals surface area contributed by atoms with Crippen molar-refractivity contribution in [1.82, 2.24) is 0 Å². The quantitative estimate of drug-likeness (QED) is 0.534. The zero-order chi connectivity index (χ0) is 5.98. The highest BCUT2D eigenvalue weighted by atomic mass is 19.1. The van der Waals surface area contributed by atoms with Gasteiger partial charge in [0.05, 0.1) is 12.3 Å². The van der Waals surface area contributed by atoms with Crippen molar-refractivity contribution in [3.05, 3.63) is 0 Å². The lowest BCUT2D eigenvalue weighted by molar-refractivity contribution is -0.0637. The van der Waals surface area contributed by atoms with Crippen LogP contribution in [0.3, 0.4) is 0 Å². The molecule has 1 nitrogen and oxygen atoms in total. The van der Waals surface area contributed by atoms with E-state index in [0.29, 0.717) is 6.42 Å². The molecule has 0 spiro atoms. The summed E-state index contributed by atoms with van der Waals surface area (Å²) >= 11 is 0. The minimum atomic E-state index is -0.694. The van der Waals surface area contributed by atoms with E-state index in [4.69, 9.17) is 4.74 Å². The average molecular weight is 118 g/mol. The zero-order valence-electron chi connectivity index (χ0n) is 5.06. The molecule has 1 heterocycles. The first-order valence-corrected chi connectivity index (χ1v) is 3.04. The largest absolute Gasteiger partial charge is 0.378 e. The average Bonchev–Trinajstić information content (AvgIpc) is 1.55. The Balaban J connectivity index is 2.01. The van der Waals surface area contributed by atoms with Crippen molar-refractivity contribution in [2.24, 2.45) is 0 Å². The van der Waals surface area contributed by atoms with Crippen LogP contribution in [0.15, 0.2) is 0 Å². The normalized spacial score (nSPS) is 31.5. The molecular weight excluding hydrogens is 107 g/mol. The Morgan fingerprint density at radius 1 is 1.88 bits per heavy atom. The Morgan fingerprint density at radius 2 is 2.50 bits per heavy atom. The molecule has 2 unspecified atom stereocenters. The van der Waals surface area contributed by atoms with Crippen molar-refractivity contribution >= 4 is 0 Å². The summed E-state index contributed by atoms with van der Waals surface area (Å²) in [5.41, 5.74) is 0. The predicted octanol–water partition coefficient (Wildman–Crippen LogP) is 1.52. The van der Waals surface area contributed by atoms with E-state index >= 15 is 0 Å². The summed E-state index contributed by atoms with van der Waals surface area (Å²) < 4.78 is 17.1. The van der Waals surface area contributed by atoms with Crippen LogP contribution in [0.2, 0.25) is 0 Å². The van der Waals surface area contributed by atoms with Crippen LogP contribution in [0.5, 0.6) is 0 Å². The summed E-state index contributed by atoms with van der Waals surface area (Å²) in [7, 11) is 0. The van der Waals surface area contributed by atoms with Crippen molar-refractivity contribution in [2.45, 2.75) is 32.0 Å². The van der Waals surface area contributed by atoms with Gasteiger partial charge < -0.3 is 4.74 Å². The fourth-order valence-corrected chi connectivity index (χ4v) is 0.833. The lowest BCUT2D eigenvalue weighted by atomic mass is 10.1. The maximum atomic E-state index is 12.1. The molecule has 0 aromatic heterocycles. The highest BCUT2D eigenvalue weighted by Gasteiger charge is 2.19. The topological polar surface area (TPSA) is 9.23 Å². The van der Waals surface area contributed by atoms with Crippen LogP contribution in [-0.4, -0.2) is 18.9 Å². The fraction of sp³-hybridized carbons (Fsp3) is 1.00. The predicted molar refractivity (Wildman–Crippen MR) is 29.5 cm³/mol. The Hall–Kier alpha value is -0.110. The molecule has 2 heteroatoms. The number of rotatable bonds is 2. The minimum Gasteiger partial charge on any atom is -0.378 e. The first-order chi connectivity index (χ1) is 3.79. The van der Waals surface area contributed by atoms with Gasteiger partial charge in [0.2, 0.25) is 0 Å². The molecule has 0 amide bonds. The summed E-state index contributed by atoms with van der Waals surface area (Å²) in [5.74, 6) is 0. The summed E-state index contributed by atoms with van der Waals surface area (Å²) in [6.07, 6.45) is 1.17. The Labute approximate surface area is 48.8 Å². The van der Waals surface area contributed by atoms with Gasteiger partial charge in [-0.15, -0.1) is 0 Å². The van der Waals surface area contributed by atoms with Crippen LogP contribution < -0.4 is 0 Å². The third-order valence-corrected chi connectivity index (χ3v) is 1.38. The van der Waals surface area contributed by atoms with Crippen LogP contribution in [0.1, 0.15) is 19.8 Å². The Morgan fingerprint density at radius 3 is 2.62 bits per heavy atom. The van der Waals surface area contributed by atoms with Crippen LogP contribution >= 0.6 is 0 Å². The van der Waals surface area contributed by atoms with E-state index in [0.717, 1.165) is 13.0 Å². The molecule has 8 heavy (non-hydrogen) atoms. The van der Waals surface area contributed by atoms with Gasteiger partial charge in [0.1, 0.15) is 0 Å². The van der Waals surface area contributed by atoms with Gasteiger partial charge in [0.15, 0.2) is 0 Å². The zero-order valence-corrected chi connectivity index (χ0v) is 5.06. The minimum absolute atomic E-state index is 0.231. The highest BCUT2D eigenvalue weighted by molar-refractivity contribution is 4.68. The maximum Gasteiger partial charge on any atom is 0.0998 e. The molecule has 1 fully saturated rings. The Kier molecular flexibility index (Phi) is 1.84. The number of alkyl halides is 1. The number of hydrogen-bond donors (Lipinski definition) is 0. The maximum absolute atomic E-state index is 12.1. The highest BCUT2D eigenvalue weighted by Crippen LogP contribution is 2.17. The van der Waals surface area contributed by atoms with Crippen molar-refractivity contribution in [3.8, 4) is 0 Å². The van der Waals surface area contributed by atoms with Crippen molar-refractivity contribution in [1.29, 1.82) is 0 Å². The van der Waals surface area contributed by atoms with Crippen molar-refractivity contribution < 1.29 is 9.13 Å². The van der Waals surface area contributed by atoms with Gasteiger partial charge in [-0.05, 0) is 13.3 Å². The summed E-state index contributed by atoms with van der Waals surface area (Å²) in [5, 5.41) is 0. The molecule has 0 bridgehead atoms. The molecule has 0 radical (unpaired) electrons. The smallest absolute Gasteiger partial charge is 0.0998 e. The summed E-state index contributed by atoms with van der Waals surface area (Å²) in [6.45, 7) is 2.40. The lowest BCUT2D eigenvalue weighted by Crippen LogP contribution is -2.28. The van der Waals surface area contributed by atoms with E-state index in [1.54, 1.807) is 6.92 Å². The molecule has 1 rings (SSSR count). The third kappa shape index (κ3) is 1.44. The second-order valence-electron chi connectivity index (χ2n) is 2.30. The van der Waals surface area contributed by atoms with E-state index in [2.05, 4.69) is 0 Å². The summed E-state index contributed by atoms with van der Waals surface area (Å²) in [6, 6.07) is 0. The molecule has 1 aliphatic heterocycles. The van der Waals surface area contributed by atoms with Crippen LogP contribution in [-0.2, 0) is 4.74 Å². The summed E-state index contributed by atoms with van der Waals surface area (Å²) in [4.78, 5) is 0. The van der Waals surface area contributed by atoms with Gasteiger partial charge in [-0.2, -0.15) is 0 Å². The van der Waals surface area contributed by atoms with Crippen molar-refractivity contribution in [2.75, 3.05) is 6.61 Å². The van der Waals surface area contributed by atoms with E-state index in [9.17, 15) is 4.39 Å². The first kappa shape index (κ1) is 6.02. The van der Waals surface area contributed by atoms with E-state index in [1.165, 1.54) is 0 Å².